The highest BCUT2D eigenvalue weighted by atomic mass is 16.3. The second-order valence-electron chi connectivity index (χ2n) is 15.3. The van der Waals surface area contributed by atoms with Gasteiger partial charge in [0.1, 0.15) is 11.2 Å². The molecule has 0 atom stereocenters. The standard InChI is InChI=1S/C58H39NO/c1-3-12-40(13-4-1)41-22-24-42(25-23-41)43-30-33-49(34-31-43)59(56-36-35-51(46-14-5-2-6-15-46)52-18-7-8-19-53(52)56)50-17-11-16-47(38-50)44-26-28-45(29-27-44)48-32-37-58-55(39-48)54-20-9-10-21-57(54)60-58/h1-39H. The minimum atomic E-state index is 0.910. The number of furan rings is 1. The molecule has 0 spiro atoms. The summed E-state index contributed by atoms with van der Waals surface area (Å²) in [5, 5.41) is 4.69. The monoisotopic (exact) mass is 765 g/mol. The molecule has 0 bridgehead atoms. The fourth-order valence-electron chi connectivity index (χ4n) is 8.65. The second kappa shape index (κ2) is 15.1. The van der Waals surface area contributed by atoms with Gasteiger partial charge in [0.05, 0.1) is 5.69 Å². The fourth-order valence-corrected chi connectivity index (χ4v) is 8.65. The molecule has 0 radical (unpaired) electrons. The third-order valence-electron chi connectivity index (χ3n) is 11.7. The van der Waals surface area contributed by atoms with E-state index in [9.17, 15) is 0 Å². The highest BCUT2D eigenvalue weighted by Crippen LogP contribution is 2.43. The normalized spacial score (nSPS) is 11.3. The summed E-state index contributed by atoms with van der Waals surface area (Å²) in [6.07, 6.45) is 0. The Labute approximate surface area is 349 Å². The smallest absolute Gasteiger partial charge is 0.135 e. The molecular weight excluding hydrogens is 727 g/mol. The predicted octanol–water partition coefficient (Wildman–Crippen LogP) is 16.5. The maximum Gasteiger partial charge on any atom is 0.135 e. The Kier molecular flexibility index (Phi) is 8.87. The number of hydrogen-bond acceptors (Lipinski definition) is 2. The van der Waals surface area contributed by atoms with Crippen LogP contribution >= 0.6 is 0 Å². The van der Waals surface area contributed by atoms with Crippen molar-refractivity contribution in [2.24, 2.45) is 0 Å². The van der Waals surface area contributed by atoms with Crippen LogP contribution in [0.15, 0.2) is 241 Å². The van der Waals surface area contributed by atoms with E-state index in [1.54, 1.807) is 0 Å². The zero-order valence-corrected chi connectivity index (χ0v) is 32.9. The first-order valence-electron chi connectivity index (χ1n) is 20.5. The molecule has 11 rings (SSSR count). The number of fused-ring (bicyclic) bond motifs is 4. The SMILES string of the molecule is c1ccc(-c2ccc(-c3ccc(N(c4cccc(-c5ccc(-c6ccc7oc8ccccc8c7c6)cc5)c4)c4ccc(-c5ccccc5)c5ccccc45)cc3)cc2)cc1. The maximum atomic E-state index is 6.10. The molecule has 0 N–H and O–H groups in total. The number of hydrogen-bond donors (Lipinski definition) is 0. The van der Waals surface area contributed by atoms with E-state index in [0.717, 1.165) is 50.1 Å². The Morgan fingerprint density at radius 2 is 0.717 bits per heavy atom. The van der Waals surface area contributed by atoms with E-state index in [2.05, 4.69) is 229 Å². The summed E-state index contributed by atoms with van der Waals surface area (Å²) in [5.41, 5.74) is 17.0. The van der Waals surface area contributed by atoms with Crippen LogP contribution in [0.5, 0.6) is 0 Å². The van der Waals surface area contributed by atoms with E-state index >= 15 is 0 Å². The summed E-state index contributed by atoms with van der Waals surface area (Å²) in [6, 6.07) is 85.0. The number of benzene rings is 10. The quantitative estimate of drug-likeness (QED) is 0.153. The average molecular weight is 766 g/mol. The Balaban J connectivity index is 0.979. The molecule has 0 aliphatic rings. The Morgan fingerprint density at radius 3 is 1.38 bits per heavy atom. The summed E-state index contributed by atoms with van der Waals surface area (Å²) >= 11 is 0. The van der Waals surface area contributed by atoms with E-state index in [-0.39, 0.29) is 0 Å². The number of nitrogens with zero attached hydrogens (tertiary/aromatic N) is 1. The van der Waals surface area contributed by atoms with E-state index in [1.165, 1.54) is 55.3 Å². The molecule has 0 saturated heterocycles. The van der Waals surface area contributed by atoms with Gasteiger partial charge in [-0.25, -0.2) is 0 Å². The van der Waals surface area contributed by atoms with Crippen molar-refractivity contribution < 1.29 is 4.42 Å². The van der Waals surface area contributed by atoms with Crippen LogP contribution in [0, 0.1) is 0 Å². The van der Waals surface area contributed by atoms with E-state index in [4.69, 9.17) is 4.42 Å². The van der Waals surface area contributed by atoms with Crippen molar-refractivity contribution in [3.63, 3.8) is 0 Å². The Bertz CT molecular complexity index is 3270. The van der Waals surface area contributed by atoms with Crippen LogP contribution in [0.1, 0.15) is 0 Å². The first kappa shape index (κ1) is 35.2. The van der Waals surface area contributed by atoms with Gasteiger partial charge in [-0.3, -0.25) is 0 Å². The van der Waals surface area contributed by atoms with Crippen molar-refractivity contribution in [1.29, 1.82) is 0 Å². The van der Waals surface area contributed by atoms with Gasteiger partial charge >= 0.3 is 0 Å². The van der Waals surface area contributed by atoms with Gasteiger partial charge in [0.2, 0.25) is 0 Å². The first-order chi connectivity index (χ1) is 29.7. The van der Waals surface area contributed by atoms with Crippen molar-refractivity contribution in [2.75, 3.05) is 4.90 Å². The topological polar surface area (TPSA) is 16.4 Å². The Hall–Kier alpha value is -7.94. The minimum absolute atomic E-state index is 0.910. The lowest BCUT2D eigenvalue weighted by Gasteiger charge is -2.28. The third-order valence-corrected chi connectivity index (χ3v) is 11.7. The summed E-state index contributed by atoms with van der Waals surface area (Å²) < 4.78 is 6.10. The van der Waals surface area contributed by atoms with Gasteiger partial charge in [0.15, 0.2) is 0 Å². The summed E-state index contributed by atoms with van der Waals surface area (Å²) in [7, 11) is 0. The van der Waals surface area contributed by atoms with Crippen LogP contribution in [-0.4, -0.2) is 0 Å². The molecule has 0 saturated carbocycles. The van der Waals surface area contributed by atoms with Gasteiger partial charge in [0, 0.05) is 27.5 Å². The summed E-state index contributed by atoms with van der Waals surface area (Å²) in [5.74, 6) is 0. The van der Waals surface area contributed by atoms with Gasteiger partial charge in [-0.2, -0.15) is 0 Å². The van der Waals surface area contributed by atoms with Gasteiger partial charge in [-0.05, 0) is 110 Å². The molecule has 1 heterocycles. The summed E-state index contributed by atoms with van der Waals surface area (Å²) in [4.78, 5) is 2.40. The lowest BCUT2D eigenvalue weighted by atomic mass is 9.96. The van der Waals surface area contributed by atoms with Gasteiger partial charge < -0.3 is 9.32 Å². The molecule has 1 aromatic heterocycles. The van der Waals surface area contributed by atoms with Gasteiger partial charge in [-0.15, -0.1) is 0 Å². The highest BCUT2D eigenvalue weighted by molar-refractivity contribution is 6.07. The number of para-hydroxylation sites is 1. The molecule has 60 heavy (non-hydrogen) atoms. The van der Waals surface area contributed by atoms with Crippen LogP contribution in [-0.2, 0) is 0 Å². The molecule has 2 nitrogen and oxygen atoms in total. The molecule has 0 amide bonds. The highest BCUT2D eigenvalue weighted by Gasteiger charge is 2.18. The molecule has 2 heteroatoms. The molecule has 0 fully saturated rings. The molecular formula is C58H39NO. The fraction of sp³-hybridized carbons (Fsp3) is 0. The van der Waals surface area contributed by atoms with Crippen LogP contribution in [0.25, 0.3) is 88.3 Å². The summed E-state index contributed by atoms with van der Waals surface area (Å²) in [6.45, 7) is 0. The van der Waals surface area contributed by atoms with Crippen LogP contribution in [0.4, 0.5) is 17.1 Å². The van der Waals surface area contributed by atoms with Crippen LogP contribution in [0.2, 0.25) is 0 Å². The van der Waals surface area contributed by atoms with E-state index in [0.29, 0.717) is 0 Å². The van der Waals surface area contributed by atoms with Crippen molar-refractivity contribution in [3.8, 4) is 55.6 Å². The second-order valence-corrected chi connectivity index (χ2v) is 15.3. The largest absolute Gasteiger partial charge is 0.456 e. The van der Waals surface area contributed by atoms with Crippen LogP contribution < -0.4 is 4.90 Å². The van der Waals surface area contributed by atoms with Crippen molar-refractivity contribution >= 4 is 49.8 Å². The molecule has 10 aromatic carbocycles. The molecule has 0 aliphatic carbocycles. The lowest BCUT2D eigenvalue weighted by molar-refractivity contribution is 0.669. The number of anilines is 3. The van der Waals surface area contributed by atoms with Crippen molar-refractivity contribution in [1.82, 2.24) is 0 Å². The predicted molar refractivity (Wildman–Crippen MR) is 253 cm³/mol. The Morgan fingerprint density at radius 1 is 0.250 bits per heavy atom. The molecule has 0 unspecified atom stereocenters. The first-order valence-corrected chi connectivity index (χ1v) is 20.5. The lowest BCUT2D eigenvalue weighted by Crippen LogP contribution is -2.10. The van der Waals surface area contributed by atoms with Crippen LogP contribution in [0.3, 0.4) is 0 Å². The van der Waals surface area contributed by atoms with E-state index in [1.807, 2.05) is 12.1 Å². The maximum absolute atomic E-state index is 6.10. The zero-order valence-electron chi connectivity index (χ0n) is 32.9. The van der Waals surface area contributed by atoms with Crippen molar-refractivity contribution in [2.45, 2.75) is 0 Å². The van der Waals surface area contributed by atoms with Crippen molar-refractivity contribution in [3.05, 3.63) is 237 Å². The molecule has 282 valence electrons. The average Bonchev–Trinajstić information content (AvgIpc) is 3.71. The minimum Gasteiger partial charge on any atom is -0.456 e. The molecule has 0 aliphatic heterocycles. The molecule has 11 aromatic rings. The van der Waals surface area contributed by atoms with Gasteiger partial charge in [0.25, 0.3) is 0 Å². The third kappa shape index (κ3) is 6.51. The number of rotatable bonds is 8. The van der Waals surface area contributed by atoms with Gasteiger partial charge in [-0.1, -0.05) is 188 Å². The zero-order chi connectivity index (χ0) is 39.8. The van der Waals surface area contributed by atoms with E-state index < -0.39 is 0 Å².